The Hall–Kier alpha value is -2.43. The molecule has 0 atom stereocenters. The Labute approximate surface area is 104 Å². The van der Waals surface area contributed by atoms with Gasteiger partial charge in [0.15, 0.2) is 0 Å². The van der Waals surface area contributed by atoms with Gasteiger partial charge in [-0.1, -0.05) is 0 Å². The highest BCUT2D eigenvalue weighted by molar-refractivity contribution is 5.93. The number of nitrogens with two attached hydrogens (primary N) is 1. The highest BCUT2D eigenvalue weighted by Crippen LogP contribution is 2.36. The van der Waals surface area contributed by atoms with Gasteiger partial charge < -0.3 is 15.0 Å². The molecule has 2 heterocycles. The van der Waals surface area contributed by atoms with Crippen molar-refractivity contribution in [3.8, 4) is 17.0 Å². The van der Waals surface area contributed by atoms with Gasteiger partial charge in [-0.15, -0.1) is 0 Å². The fraction of sp³-hybridized carbons (Fsp3) is 0.154. The molecule has 0 radical (unpaired) electrons. The minimum atomic E-state index is 0.472. The second kappa shape index (κ2) is 3.80. The van der Waals surface area contributed by atoms with E-state index in [1.807, 2.05) is 25.4 Å². The molecule has 92 valence electrons. The van der Waals surface area contributed by atoms with Gasteiger partial charge in [-0.3, -0.25) is 5.10 Å². The van der Waals surface area contributed by atoms with Gasteiger partial charge >= 0.3 is 0 Å². The molecule has 0 saturated heterocycles. The summed E-state index contributed by atoms with van der Waals surface area (Å²) in [6.07, 6.45) is 2.01. The van der Waals surface area contributed by atoms with Gasteiger partial charge in [0.05, 0.1) is 18.3 Å². The minimum Gasteiger partial charge on any atom is -0.495 e. The van der Waals surface area contributed by atoms with Crippen LogP contribution >= 0.6 is 0 Å². The van der Waals surface area contributed by atoms with E-state index in [0.29, 0.717) is 5.82 Å². The molecule has 0 saturated carbocycles. The number of nitrogens with one attached hydrogen (secondary N) is 1. The third-order valence-electron chi connectivity index (χ3n) is 3.11. The summed E-state index contributed by atoms with van der Waals surface area (Å²) in [7, 11) is 3.68. The summed E-state index contributed by atoms with van der Waals surface area (Å²) < 4.78 is 7.59. The lowest BCUT2D eigenvalue weighted by molar-refractivity contribution is 0.421. The first kappa shape index (κ1) is 10.7. The Balaban J connectivity index is 2.29. The lowest BCUT2D eigenvalue weighted by Gasteiger charge is -2.08. The molecule has 0 aliphatic rings. The summed E-state index contributed by atoms with van der Waals surface area (Å²) in [5.41, 5.74) is 8.58. The van der Waals surface area contributed by atoms with Crippen LogP contribution in [0.3, 0.4) is 0 Å². The number of ether oxygens (including phenoxy) is 1. The normalized spacial score (nSPS) is 11.0. The van der Waals surface area contributed by atoms with Crippen LogP contribution in [0.15, 0.2) is 30.5 Å². The van der Waals surface area contributed by atoms with E-state index in [0.717, 1.165) is 27.9 Å². The Morgan fingerprint density at radius 1 is 1.33 bits per heavy atom. The van der Waals surface area contributed by atoms with Crippen LogP contribution in [0.5, 0.6) is 5.75 Å². The molecule has 0 bridgehead atoms. The van der Waals surface area contributed by atoms with E-state index < -0.39 is 0 Å². The Bertz CT molecular complexity index is 711. The second-order valence-electron chi connectivity index (χ2n) is 4.21. The molecule has 1 aromatic carbocycles. The highest BCUT2D eigenvalue weighted by Gasteiger charge is 2.13. The standard InChI is InChI=1S/C13H14N4O/c1-17-6-5-9-11(17)4-3-8(13(9)18-2)10-7-12(14)16-15-10/h3-7H,1-2H3,(H3,14,15,16). The number of rotatable bonds is 2. The number of H-pyrrole nitrogens is 1. The van der Waals surface area contributed by atoms with E-state index in [4.69, 9.17) is 10.5 Å². The highest BCUT2D eigenvalue weighted by atomic mass is 16.5. The maximum atomic E-state index is 5.64. The topological polar surface area (TPSA) is 68.9 Å². The zero-order valence-electron chi connectivity index (χ0n) is 10.3. The average Bonchev–Trinajstić information content (AvgIpc) is 2.95. The Morgan fingerprint density at radius 2 is 2.17 bits per heavy atom. The van der Waals surface area contributed by atoms with Crippen molar-refractivity contribution < 1.29 is 4.74 Å². The molecule has 2 aromatic heterocycles. The summed E-state index contributed by atoms with van der Waals surface area (Å²) in [6.45, 7) is 0. The first-order valence-corrected chi connectivity index (χ1v) is 5.64. The van der Waals surface area contributed by atoms with Crippen LogP contribution in [0.4, 0.5) is 5.82 Å². The smallest absolute Gasteiger partial charge is 0.145 e. The number of methoxy groups -OCH3 is 1. The minimum absolute atomic E-state index is 0.472. The first-order chi connectivity index (χ1) is 8.70. The molecule has 0 spiro atoms. The molecule has 0 aliphatic heterocycles. The van der Waals surface area contributed by atoms with E-state index in [-0.39, 0.29) is 0 Å². The third-order valence-corrected chi connectivity index (χ3v) is 3.11. The monoisotopic (exact) mass is 242 g/mol. The molecular formula is C13H14N4O. The SMILES string of the molecule is COc1c(-c2cc(N)n[nH]2)ccc2c1ccn2C. The van der Waals surface area contributed by atoms with Crippen molar-refractivity contribution in [3.05, 3.63) is 30.5 Å². The van der Waals surface area contributed by atoms with Crippen molar-refractivity contribution in [2.45, 2.75) is 0 Å². The summed E-state index contributed by atoms with van der Waals surface area (Å²) in [5, 5.41) is 7.93. The van der Waals surface area contributed by atoms with Crippen molar-refractivity contribution in [2.75, 3.05) is 12.8 Å². The molecule has 3 N–H and O–H groups in total. The lowest BCUT2D eigenvalue weighted by atomic mass is 10.1. The van der Waals surface area contributed by atoms with Crippen molar-refractivity contribution >= 4 is 16.7 Å². The summed E-state index contributed by atoms with van der Waals surface area (Å²) in [5.74, 6) is 1.30. The van der Waals surface area contributed by atoms with Gasteiger partial charge in [-0.2, -0.15) is 5.10 Å². The van der Waals surface area contributed by atoms with E-state index >= 15 is 0 Å². The number of hydrogen-bond acceptors (Lipinski definition) is 3. The number of anilines is 1. The maximum absolute atomic E-state index is 5.64. The van der Waals surface area contributed by atoms with E-state index in [9.17, 15) is 0 Å². The molecule has 5 nitrogen and oxygen atoms in total. The number of aromatic amines is 1. The summed E-state index contributed by atoms with van der Waals surface area (Å²) in [6, 6.07) is 7.91. The number of nitrogen functional groups attached to an aromatic ring is 1. The van der Waals surface area contributed by atoms with Gasteiger partial charge in [-0.05, 0) is 18.2 Å². The van der Waals surface area contributed by atoms with Crippen LogP contribution in [-0.4, -0.2) is 21.9 Å². The molecule has 5 heteroatoms. The molecule has 0 aliphatic carbocycles. The van der Waals surface area contributed by atoms with Crippen LogP contribution < -0.4 is 10.5 Å². The number of aromatic nitrogens is 3. The molecule has 0 fully saturated rings. The zero-order valence-corrected chi connectivity index (χ0v) is 10.3. The van der Waals surface area contributed by atoms with Crippen LogP contribution in [0.25, 0.3) is 22.2 Å². The largest absolute Gasteiger partial charge is 0.495 e. The molecule has 18 heavy (non-hydrogen) atoms. The van der Waals surface area contributed by atoms with Gasteiger partial charge in [0, 0.05) is 30.3 Å². The fourth-order valence-corrected chi connectivity index (χ4v) is 2.23. The number of benzene rings is 1. The molecule has 3 rings (SSSR count). The predicted molar refractivity (Wildman–Crippen MR) is 71.5 cm³/mol. The van der Waals surface area contributed by atoms with E-state index in [2.05, 4.69) is 20.8 Å². The van der Waals surface area contributed by atoms with E-state index in [1.165, 1.54) is 0 Å². The quantitative estimate of drug-likeness (QED) is 0.723. The van der Waals surface area contributed by atoms with E-state index in [1.54, 1.807) is 13.2 Å². The first-order valence-electron chi connectivity index (χ1n) is 5.64. The number of nitrogens with zero attached hydrogens (tertiary/aromatic N) is 2. The van der Waals surface area contributed by atoms with Crippen LogP contribution in [0.2, 0.25) is 0 Å². The number of hydrogen-bond donors (Lipinski definition) is 2. The Kier molecular flexibility index (Phi) is 2.26. The van der Waals surface area contributed by atoms with Crippen molar-refractivity contribution in [2.24, 2.45) is 7.05 Å². The summed E-state index contributed by atoms with van der Waals surface area (Å²) in [4.78, 5) is 0. The van der Waals surface area contributed by atoms with Crippen molar-refractivity contribution in [1.82, 2.24) is 14.8 Å². The molecular weight excluding hydrogens is 228 g/mol. The zero-order chi connectivity index (χ0) is 12.7. The van der Waals surface area contributed by atoms with Gasteiger partial charge in [0.1, 0.15) is 11.6 Å². The lowest BCUT2D eigenvalue weighted by Crippen LogP contribution is -1.91. The van der Waals surface area contributed by atoms with Gasteiger partial charge in [0.2, 0.25) is 0 Å². The third kappa shape index (κ3) is 1.44. The predicted octanol–water partition coefficient (Wildman–Crippen LogP) is 2.16. The second-order valence-corrected chi connectivity index (χ2v) is 4.21. The fourth-order valence-electron chi connectivity index (χ4n) is 2.23. The summed E-state index contributed by atoms with van der Waals surface area (Å²) >= 11 is 0. The van der Waals surface area contributed by atoms with Gasteiger partial charge in [-0.25, -0.2) is 0 Å². The van der Waals surface area contributed by atoms with Gasteiger partial charge in [0.25, 0.3) is 0 Å². The molecule has 3 aromatic rings. The molecule has 0 unspecified atom stereocenters. The van der Waals surface area contributed by atoms with Crippen LogP contribution in [-0.2, 0) is 7.05 Å². The van der Waals surface area contributed by atoms with Crippen molar-refractivity contribution in [1.29, 1.82) is 0 Å². The molecule has 0 amide bonds. The number of aryl methyl sites for hydroxylation is 1. The van der Waals surface area contributed by atoms with Crippen LogP contribution in [0.1, 0.15) is 0 Å². The average molecular weight is 242 g/mol. The van der Waals surface area contributed by atoms with Crippen molar-refractivity contribution in [3.63, 3.8) is 0 Å². The number of fused-ring (bicyclic) bond motifs is 1. The van der Waals surface area contributed by atoms with Crippen LogP contribution in [0, 0.1) is 0 Å². The Morgan fingerprint density at radius 3 is 2.83 bits per heavy atom. The maximum Gasteiger partial charge on any atom is 0.145 e.